The van der Waals surface area contributed by atoms with E-state index >= 15 is 0 Å². The Bertz CT molecular complexity index is 1470. The lowest BCUT2D eigenvalue weighted by Gasteiger charge is -2.12. The highest BCUT2D eigenvalue weighted by Gasteiger charge is 2.35. The van der Waals surface area contributed by atoms with E-state index in [2.05, 4.69) is 4.57 Å². The summed E-state index contributed by atoms with van der Waals surface area (Å²) >= 11 is 0.985. The normalized spacial score (nSPS) is 14.5. The van der Waals surface area contributed by atoms with Gasteiger partial charge in [-0.1, -0.05) is 30.3 Å². The Morgan fingerprint density at radius 3 is 2.11 bits per heavy atom. The number of aromatic nitrogens is 1. The van der Waals surface area contributed by atoms with Gasteiger partial charge in [0.1, 0.15) is 17.2 Å². The Kier molecular flexibility index (Phi) is 6.88. The summed E-state index contributed by atoms with van der Waals surface area (Å²) in [5.41, 5.74) is 4.81. The van der Waals surface area contributed by atoms with Crippen molar-refractivity contribution in [2.75, 3.05) is 7.11 Å². The molecule has 186 valence electrons. The minimum atomic E-state index is -0.260. The number of hydrogen-bond acceptors (Lipinski definition) is 5. The lowest BCUT2D eigenvalue weighted by atomic mass is 10.2. The number of imide groups is 1. The smallest absolute Gasteiger partial charge is 0.293 e. The van der Waals surface area contributed by atoms with Gasteiger partial charge in [-0.25, -0.2) is 0 Å². The number of amides is 2. The number of methoxy groups -OCH3 is 1. The maximum atomic E-state index is 13.0. The van der Waals surface area contributed by atoms with Gasteiger partial charge in [-0.2, -0.15) is 0 Å². The number of ether oxygens (including phenoxy) is 2. The second-order valence-electron chi connectivity index (χ2n) is 8.69. The zero-order chi connectivity index (χ0) is 25.9. The Morgan fingerprint density at radius 2 is 1.46 bits per heavy atom. The highest BCUT2D eigenvalue weighted by atomic mass is 32.2. The van der Waals surface area contributed by atoms with E-state index in [1.165, 1.54) is 4.90 Å². The van der Waals surface area contributed by atoms with Gasteiger partial charge < -0.3 is 14.0 Å². The summed E-state index contributed by atoms with van der Waals surface area (Å²) in [6, 6.07) is 26.8. The van der Waals surface area contributed by atoms with Crippen molar-refractivity contribution in [1.29, 1.82) is 0 Å². The first-order valence-corrected chi connectivity index (χ1v) is 12.6. The molecule has 6 nitrogen and oxygen atoms in total. The van der Waals surface area contributed by atoms with Gasteiger partial charge in [0.15, 0.2) is 0 Å². The molecule has 1 saturated heterocycles. The third-order valence-electron chi connectivity index (χ3n) is 6.20. The SMILES string of the molecule is COc1ccc(Oc2ccc(-n3c(C)cc(/C=C4\SC(=O)N(Cc5ccccc5)C4=O)c3C)cc2)cc1. The minimum absolute atomic E-state index is 0.249. The predicted octanol–water partition coefficient (Wildman–Crippen LogP) is 7.13. The van der Waals surface area contributed by atoms with E-state index < -0.39 is 0 Å². The molecule has 4 aromatic rings. The summed E-state index contributed by atoms with van der Waals surface area (Å²) in [6.45, 7) is 4.30. The average Bonchev–Trinajstić information content (AvgIpc) is 3.34. The van der Waals surface area contributed by atoms with Crippen molar-refractivity contribution in [3.63, 3.8) is 0 Å². The molecular weight excluding hydrogens is 484 g/mol. The molecule has 0 aliphatic carbocycles. The van der Waals surface area contributed by atoms with Crippen LogP contribution in [-0.4, -0.2) is 27.7 Å². The Labute approximate surface area is 220 Å². The molecule has 0 atom stereocenters. The molecular formula is C30H26N2O4S. The van der Waals surface area contributed by atoms with E-state index in [0.29, 0.717) is 4.91 Å². The first kappa shape index (κ1) is 24.5. The molecule has 0 unspecified atom stereocenters. The molecule has 5 rings (SSSR count). The van der Waals surface area contributed by atoms with Crippen LogP contribution in [0.4, 0.5) is 4.79 Å². The fraction of sp³-hybridized carbons (Fsp3) is 0.133. The van der Waals surface area contributed by atoms with Gasteiger partial charge >= 0.3 is 0 Å². The summed E-state index contributed by atoms with van der Waals surface area (Å²) < 4.78 is 13.3. The molecule has 1 fully saturated rings. The molecule has 0 bridgehead atoms. The van der Waals surface area contributed by atoms with Crippen LogP contribution in [0.3, 0.4) is 0 Å². The van der Waals surface area contributed by atoms with Crippen LogP contribution in [0, 0.1) is 13.8 Å². The van der Waals surface area contributed by atoms with Gasteiger partial charge in [0.25, 0.3) is 11.1 Å². The molecule has 3 aromatic carbocycles. The molecule has 1 aliphatic rings. The molecule has 0 spiro atoms. The van der Waals surface area contributed by atoms with Crippen LogP contribution in [0.2, 0.25) is 0 Å². The summed E-state index contributed by atoms with van der Waals surface area (Å²) in [4.78, 5) is 27.3. The summed E-state index contributed by atoms with van der Waals surface area (Å²) in [6.07, 6.45) is 1.82. The van der Waals surface area contributed by atoms with Gasteiger partial charge in [0, 0.05) is 17.1 Å². The molecule has 1 aliphatic heterocycles. The lowest BCUT2D eigenvalue weighted by Crippen LogP contribution is -2.27. The topological polar surface area (TPSA) is 60.8 Å². The van der Waals surface area contributed by atoms with Crippen LogP contribution in [0.25, 0.3) is 11.8 Å². The van der Waals surface area contributed by atoms with E-state index in [-0.39, 0.29) is 17.7 Å². The molecule has 37 heavy (non-hydrogen) atoms. The van der Waals surface area contributed by atoms with E-state index in [1.807, 2.05) is 105 Å². The number of hydrogen-bond donors (Lipinski definition) is 0. The molecule has 0 saturated carbocycles. The van der Waals surface area contributed by atoms with E-state index in [9.17, 15) is 9.59 Å². The van der Waals surface area contributed by atoms with Crippen molar-refractivity contribution < 1.29 is 19.1 Å². The average molecular weight is 511 g/mol. The summed E-state index contributed by atoms with van der Waals surface area (Å²) in [5, 5.41) is -0.249. The number of nitrogens with zero attached hydrogens (tertiary/aromatic N) is 2. The highest BCUT2D eigenvalue weighted by Crippen LogP contribution is 2.35. The Hall–Kier alpha value is -4.23. The van der Waals surface area contributed by atoms with Gasteiger partial charge in [0.05, 0.1) is 18.6 Å². The van der Waals surface area contributed by atoms with E-state index in [0.717, 1.165) is 57.2 Å². The monoisotopic (exact) mass is 510 g/mol. The zero-order valence-corrected chi connectivity index (χ0v) is 21.6. The van der Waals surface area contributed by atoms with E-state index in [1.54, 1.807) is 7.11 Å². The van der Waals surface area contributed by atoms with E-state index in [4.69, 9.17) is 9.47 Å². The quantitative estimate of drug-likeness (QED) is 0.248. The zero-order valence-electron chi connectivity index (χ0n) is 20.8. The van der Waals surface area contributed by atoms with Crippen LogP contribution < -0.4 is 9.47 Å². The van der Waals surface area contributed by atoms with Crippen molar-refractivity contribution in [3.05, 3.63) is 112 Å². The number of carbonyl (C=O) groups is 2. The maximum absolute atomic E-state index is 13.0. The second-order valence-corrected chi connectivity index (χ2v) is 9.68. The van der Waals surface area contributed by atoms with Gasteiger partial charge in [-0.3, -0.25) is 14.5 Å². The lowest BCUT2D eigenvalue weighted by molar-refractivity contribution is -0.123. The Balaban J connectivity index is 1.34. The van der Waals surface area contributed by atoms with Crippen molar-refractivity contribution in [2.45, 2.75) is 20.4 Å². The third kappa shape index (κ3) is 5.17. The van der Waals surface area contributed by atoms with Gasteiger partial charge in [-0.05, 0) is 97.4 Å². The van der Waals surface area contributed by atoms with Crippen LogP contribution in [-0.2, 0) is 11.3 Å². The molecule has 7 heteroatoms. The van der Waals surface area contributed by atoms with Crippen LogP contribution >= 0.6 is 11.8 Å². The number of aryl methyl sites for hydroxylation is 1. The van der Waals surface area contributed by atoms with Gasteiger partial charge in [0.2, 0.25) is 0 Å². The second kappa shape index (κ2) is 10.4. The van der Waals surface area contributed by atoms with Crippen molar-refractivity contribution in [3.8, 4) is 22.9 Å². The first-order chi connectivity index (χ1) is 17.9. The molecule has 0 radical (unpaired) electrons. The van der Waals surface area contributed by atoms with Gasteiger partial charge in [-0.15, -0.1) is 0 Å². The fourth-order valence-corrected chi connectivity index (χ4v) is 5.15. The number of benzene rings is 3. The molecule has 2 amide bonds. The fourth-order valence-electron chi connectivity index (χ4n) is 4.32. The van der Waals surface area contributed by atoms with Crippen molar-refractivity contribution in [1.82, 2.24) is 9.47 Å². The van der Waals surface area contributed by atoms with Crippen LogP contribution in [0.15, 0.2) is 89.8 Å². The number of rotatable bonds is 7. The predicted molar refractivity (Wildman–Crippen MR) is 146 cm³/mol. The molecule has 1 aromatic heterocycles. The summed E-state index contributed by atoms with van der Waals surface area (Å²) in [5.74, 6) is 1.97. The van der Waals surface area contributed by atoms with Crippen molar-refractivity contribution in [2.24, 2.45) is 0 Å². The first-order valence-electron chi connectivity index (χ1n) is 11.8. The molecule has 0 N–H and O–H groups in total. The minimum Gasteiger partial charge on any atom is -0.497 e. The largest absolute Gasteiger partial charge is 0.497 e. The number of carbonyl (C=O) groups excluding carboxylic acids is 2. The van der Waals surface area contributed by atoms with Crippen molar-refractivity contribution >= 4 is 29.0 Å². The highest BCUT2D eigenvalue weighted by molar-refractivity contribution is 8.18. The third-order valence-corrected chi connectivity index (χ3v) is 7.11. The standard InChI is InChI=1S/C30H26N2O4S/c1-20-17-23(18-28-29(33)31(30(34)37-28)19-22-7-5-4-6-8-22)21(2)32(20)24-9-11-26(12-10-24)36-27-15-13-25(35-3)14-16-27/h4-18H,19H2,1-3H3/b28-18-. The Morgan fingerprint density at radius 1 is 0.838 bits per heavy atom. The molecule has 2 heterocycles. The maximum Gasteiger partial charge on any atom is 0.293 e. The summed E-state index contributed by atoms with van der Waals surface area (Å²) in [7, 11) is 1.63. The number of thioether (sulfide) groups is 1. The van der Waals surface area contributed by atoms with Crippen LogP contribution in [0.1, 0.15) is 22.5 Å². The van der Waals surface area contributed by atoms with Crippen LogP contribution in [0.5, 0.6) is 17.2 Å².